The maximum Gasteiger partial charge on any atom is 0.227 e. The zero-order valence-electron chi connectivity index (χ0n) is 17.7. The quantitative estimate of drug-likeness (QED) is 0.860. The van der Waals surface area contributed by atoms with Gasteiger partial charge in [0.05, 0.1) is 6.42 Å². The number of rotatable bonds is 5. The van der Waals surface area contributed by atoms with Gasteiger partial charge in [-0.25, -0.2) is 9.97 Å². The van der Waals surface area contributed by atoms with Crippen LogP contribution in [0.3, 0.4) is 0 Å². The predicted octanol–water partition coefficient (Wildman–Crippen LogP) is 2.91. The van der Waals surface area contributed by atoms with Crippen molar-refractivity contribution in [2.24, 2.45) is 5.41 Å². The Bertz CT molecular complexity index is 671. The highest BCUT2D eigenvalue weighted by atomic mass is 16.2. The number of aryl methyl sites for hydroxylation is 2. The highest BCUT2D eigenvalue weighted by Crippen LogP contribution is 2.29. The minimum Gasteiger partial charge on any atom is -0.356 e. The third kappa shape index (κ3) is 5.50. The van der Waals surface area contributed by atoms with Crippen molar-refractivity contribution in [3.8, 4) is 0 Å². The second-order valence-electron chi connectivity index (χ2n) is 8.60. The number of piperidine rings is 1. The summed E-state index contributed by atoms with van der Waals surface area (Å²) in [6.45, 7) is 14.0. The second-order valence-corrected chi connectivity index (χ2v) is 8.60. The molecule has 6 heteroatoms. The summed E-state index contributed by atoms with van der Waals surface area (Å²) < 4.78 is 0. The molecule has 0 bridgehead atoms. The molecule has 6 nitrogen and oxygen atoms in total. The Morgan fingerprint density at radius 3 is 2.37 bits per heavy atom. The Kier molecular flexibility index (Phi) is 6.95. The summed E-state index contributed by atoms with van der Waals surface area (Å²) in [5.41, 5.74) is 2.27. The van der Waals surface area contributed by atoms with Crippen LogP contribution in [0.1, 0.15) is 75.7 Å². The summed E-state index contributed by atoms with van der Waals surface area (Å²) in [4.78, 5) is 36.1. The number of aromatic nitrogens is 2. The molecule has 0 radical (unpaired) electrons. The highest BCUT2D eigenvalue weighted by molar-refractivity contribution is 5.81. The van der Waals surface area contributed by atoms with Gasteiger partial charge in [-0.15, -0.1) is 0 Å². The molecule has 2 rings (SSSR count). The van der Waals surface area contributed by atoms with Crippen molar-refractivity contribution < 1.29 is 9.59 Å². The Morgan fingerprint density at radius 2 is 1.81 bits per heavy atom. The summed E-state index contributed by atoms with van der Waals surface area (Å²) in [6.07, 6.45) is 3.19. The Morgan fingerprint density at radius 1 is 1.19 bits per heavy atom. The van der Waals surface area contributed by atoms with E-state index in [4.69, 9.17) is 9.97 Å². The van der Waals surface area contributed by atoms with Crippen LogP contribution in [-0.2, 0) is 16.0 Å². The second kappa shape index (κ2) is 8.81. The van der Waals surface area contributed by atoms with Crippen LogP contribution in [0.15, 0.2) is 0 Å². The molecule has 1 fully saturated rings. The van der Waals surface area contributed by atoms with Gasteiger partial charge in [0, 0.05) is 47.9 Å². The van der Waals surface area contributed by atoms with Gasteiger partial charge in [-0.1, -0.05) is 27.7 Å². The standard InChI is InChI=1S/C21H34N4O2/c1-7-10-22-18(26)12-17-14(2)23-19(24-15(17)3)16-9-8-11-25(13-16)20(27)21(4,5)6/h16H,7-13H2,1-6H3,(H,22,26)/t16-/m0/s1. The monoisotopic (exact) mass is 374 g/mol. The molecule has 150 valence electrons. The lowest BCUT2D eigenvalue weighted by molar-refractivity contribution is -0.140. The van der Waals surface area contributed by atoms with E-state index in [0.717, 1.165) is 48.6 Å². The Balaban J connectivity index is 2.15. The third-order valence-electron chi connectivity index (χ3n) is 5.06. The van der Waals surface area contributed by atoms with Crippen molar-refractivity contribution in [2.75, 3.05) is 19.6 Å². The van der Waals surface area contributed by atoms with Gasteiger partial charge in [-0.3, -0.25) is 9.59 Å². The molecule has 2 heterocycles. The van der Waals surface area contributed by atoms with E-state index in [2.05, 4.69) is 5.32 Å². The number of carbonyl (C=O) groups excluding carboxylic acids is 2. The van der Waals surface area contributed by atoms with E-state index in [9.17, 15) is 9.59 Å². The minimum absolute atomic E-state index is 0.0130. The zero-order valence-corrected chi connectivity index (χ0v) is 17.7. The number of hydrogen-bond acceptors (Lipinski definition) is 4. The molecule has 1 aliphatic heterocycles. The maximum absolute atomic E-state index is 12.6. The minimum atomic E-state index is -0.371. The molecule has 1 saturated heterocycles. The van der Waals surface area contributed by atoms with E-state index in [1.54, 1.807) is 0 Å². The van der Waals surface area contributed by atoms with E-state index in [-0.39, 0.29) is 23.1 Å². The lowest BCUT2D eigenvalue weighted by Crippen LogP contribution is -2.45. The third-order valence-corrected chi connectivity index (χ3v) is 5.06. The SMILES string of the molecule is CCCNC(=O)Cc1c(C)nc([C@H]2CCCN(C(=O)C(C)(C)C)C2)nc1C. The molecule has 1 aromatic rings. The molecular weight excluding hydrogens is 340 g/mol. The maximum atomic E-state index is 12.6. The molecule has 1 aromatic heterocycles. The number of hydrogen-bond donors (Lipinski definition) is 1. The molecule has 27 heavy (non-hydrogen) atoms. The number of nitrogens with zero attached hydrogens (tertiary/aromatic N) is 3. The predicted molar refractivity (Wildman–Crippen MR) is 107 cm³/mol. The van der Waals surface area contributed by atoms with Gasteiger partial charge >= 0.3 is 0 Å². The van der Waals surface area contributed by atoms with Gasteiger partial charge in [0.1, 0.15) is 5.82 Å². The van der Waals surface area contributed by atoms with E-state index >= 15 is 0 Å². The van der Waals surface area contributed by atoms with Gasteiger partial charge in [-0.05, 0) is 33.1 Å². The molecule has 0 aliphatic carbocycles. The van der Waals surface area contributed by atoms with Crippen molar-refractivity contribution >= 4 is 11.8 Å². The van der Waals surface area contributed by atoms with Crippen LogP contribution in [0.2, 0.25) is 0 Å². The summed E-state index contributed by atoms with van der Waals surface area (Å²) in [7, 11) is 0. The van der Waals surface area contributed by atoms with Gasteiger partial charge in [0.2, 0.25) is 11.8 Å². The van der Waals surface area contributed by atoms with Crippen LogP contribution >= 0.6 is 0 Å². The average Bonchev–Trinajstić information content (AvgIpc) is 2.61. The first kappa shape index (κ1) is 21.3. The van der Waals surface area contributed by atoms with Crippen molar-refractivity contribution in [1.82, 2.24) is 20.2 Å². The van der Waals surface area contributed by atoms with E-state index in [1.807, 2.05) is 46.4 Å². The van der Waals surface area contributed by atoms with Crippen molar-refractivity contribution in [1.29, 1.82) is 0 Å². The van der Waals surface area contributed by atoms with Gasteiger partial charge in [-0.2, -0.15) is 0 Å². The van der Waals surface area contributed by atoms with Gasteiger partial charge in [0.15, 0.2) is 0 Å². The molecule has 0 saturated carbocycles. The fourth-order valence-corrected chi connectivity index (χ4v) is 3.54. The number of carbonyl (C=O) groups is 2. The fraction of sp³-hybridized carbons (Fsp3) is 0.714. The number of nitrogens with one attached hydrogen (secondary N) is 1. The lowest BCUT2D eigenvalue weighted by atomic mass is 9.90. The lowest BCUT2D eigenvalue weighted by Gasteiger charge is -2.36. The smallest absolute Gasteiger partial charge is 0.227 e. The van der Waals surface area contributed by atoms with Crippen LogP contribution in [0.25, 0.3) is 0 Å². The molecule has 0 aromatic carbocycles. The normalized spacial score (nSPS) is 17.7. The van der Waals surface area contributed by atoms with Crippen LogP contribution < -0.4 is 5.32 Å². The molecule has 0 spiro atoms. The molecular formula is C21H34N4O2. The van der Waals surface area contributed by atoms with Crippen LogP contribution in [0.5, 0.6) is 0 Å². The zero-order chi connectivity index (χ0) is 20.2. The van der Waals surface area contributed by atoms with Crippen molar-refractivity contribution in [3.63, 3.8) is 0 Å². The molecule has 1 aliphatic rings. The van der Waals surface area contributed by atoms with E-state index < -0.39 is 0 Å². The van der Waals surface area contributed by atoms with Crippen LogP contribution in [0.4, 0.5) is 0 Å². The van der Waals surface area contributed by atoms with Gasteiger partial charge in [0.25, 0.3) is 0 Å². The Labute approximate surface area is 163 Å². The number of amides is 2. The first-order valence-corrected chi connectivity index (χ1v) is 10.0. The average molecular weight is 375 g/mol. The topological polar surface area (TPSA) is 75.2 Å². The summed E-state index contributed by atoms with van der Waals surface area (Å²) >= 11 is 0. The van der Waals surface area contributed by atoms with E-state index in [0.29, 0.717) is 19.5 Å². The van der Waals surface area contributed by atoms with Crippen molar-refractivity contribution in [3.05, 3.63) is 22.8 Å². The largest absolute Gasteiger partial charge is 0.356 e. The first-order chi connectivity index (χ1) is 12.6. The Hall–Kier alpha value is -1.98. The summed E-state index contributed by atoms with van der Waals surface area (Å²) in [5, 5.41) is 2.91. The van der Waals surface area contributed by atoms with Gasteiger partial charge < -0.3 is 10.2 Å². The molecule has 2 amide bonds. The molecule has 0 unspecified atom stereocenters. The first-order valence-electron chi connectivity index (χ1n) is 10.0. The van der Waals surface area contributed by atoms with Crippen molar-refractivity contribution in [2.45, 2.75) is 73.1 Å². The molecule has 1 atom stereocenters. The van der Waals surface area contributed by atoms with Crippen LogP contribution in [0, 0.1) is 19.3 Å². The highest BCUT2D eigenvalue weighted by Gasteiger charge is 2.32. The van der Waals surface area contributed by atoms with Crippen LogP contribution in [-0.4, -0.2) is 46.3 Å². The molecule has 1 N–H and O–H groups in total. The van der Waals surface area contributed by atoms with E-state index in [1.165, 1.54) is 0 Å². The number of likely N-dealkylation sites (tertiary alicyclic amines) is 1. The summed E-state index contributed by atoms with van der Waals surface area (Å²) in [6, 6.07) is 0. The summed E-state index contributed by atoms with van der Waals surface area (Å²) in [5.74, 6) is 1.16. The fourth-order valence-electron chi connectivity index (χ4n) is 3.54.